The summed E-state index contributed by atoms with van der Waals surface area (Å²) in [6, 6.07) is 20.7. The van der Waals surface area contributed by atoms with Crippen molar-refractivity contribution in [2.24, 2.45) is 0 Å². The van der Waals surface area contributed by atoms with Gasteiger partial charge >= 0.3 is 0 Å². The standard InChI is InChI=1S/C21H14BrFN2O3S/c22-15-6-12-18(13-7-15)29(26,27)21-20(24-17-10-8-16(23)9-11-17)28-19(25-21)14-4-2-1-3-5-14/h1-13,24H. The predicted molar refractivity (Wildman–Crippen MR) is 111 cm³/mol. The van der Waals surface area contributed by atoms with Crippen molar-refractivity contribution < 1.29 is 17.2 Å². The third-order valence-electron chi connectivity index (χ3n) is 4.10. The second kappa shape index (κ2) is 7.81. The molecule has 0 aliphatic rings. The summed E-state index contributed by atoms with van der Waals surface area (Å²) >= 11 is 3.30. The predicted octanol–water partition coefficient (Wildman–Crippen LogP) is 5.82. The molecule has 1 N–H and O–H groups in total. The monoisotopic (exact) mass is 472 g/mol. The van der Waals surface area contributed by atoms with E-state index in [1.54, 1.807) is 36.4 Å². The molecule has 5 nitrogen and oxygen atoms in total. The maximum atomic E-state index is 13.2. The van der Waals surface area contributed by atoms with Crippen molar-refractivity contribution in [1.29, 1.82) is 0 Å². The number of anilines is 2. The fourth-order valence-corrected chi connectivity index (χ4v) is 4.18. The van der Waals surface area contributed by atoms with Crippen LogP contribution in [0.5, 0.6) is 0 Å². The summed E-state index contributed by atoms with van der Waals surface area (Å²) in [5.41, 5.74) is 1.10. The van der Waals surface area contributed by atoms with E-state index in [2.05, 4.69) is 26.2 Å². The Morgan fingerprint density at radius 2 is 1.55 bits per heavy atom. The van der Waals surface area contributed by atoms with Crippen LogP contribution in [0.25, 0.3) is 11.5 Å². The van der Waals surface area contributed by atoms with Gasteiger partial charge in [0.1, 0.15) is 5.82 Å². The first-order chi connectivity index (χ1) is 13.9. The summed E-state index contributed by atoms with van der Waals surface area (Å²) in [7, 11) is -3.96. The molecule has 3 aromatic carbocycles. The Bertz CT molecular complexity index is 1240. The third kappa shape index (κ3) is 4.08. The van der Waals surface area contributed by atoms with Gasteiger partial charge in [-0.25, -0.2) is 12.8 Å². The van der Waals surface area contributed by atoms with Crippen LogP contribution >= 0.6 is 15.9 Å². The molecule has 0 saturated carbocycles. The quantitative estimate of drug-likeness (QED) is 0.396. The summed E-state index contributed by atoms with van der Waals surface area (Å²) in [6.45, 7) is 0. The first-order valence-corrected chi connectivity index (χ1v) is 10.8. The highest BCUT2D eigenvalue weighted by molar-refractivity contribution is 9.10. The van der Waals surface area contributed by atoms with Crippen molar-refractivity contribution in [3.05, 3.63) is 89.2 Å². The fourth-order valence-electron chi connectivity index (χ4n) is 2.66. The first-order valence-electron chi connectivity index (χ1n) is 8.53. The molecule has 0 bridgehead atoms. The van der Waals surface area contributed by atoms with E-state index >= 15 is 0 Å². The van der Waals surface area contributed by atoms with Crippen molar-refractivity contribution in [2.45, 2.75) is 9.92 Å². The van der Waals surface area contributed by atoms with Crippen molar-refractivity contribution >= 4 is 37.3 Å². The third-order valence-corrected chi connectivity index (χ3v) is 6.30. The van der Waals surface area contributed by atoms with Gasteiger partial charge in [0.25, 0.3) is 0 Å². The fraction of sp³-hybridized carbons (Fsp3) is 0. The number of aromatic nitrogens is 1. The zero-order valence-electron chi connectivity index (χ0n) is 14.8. The molecule has 1 aromatic heterocycles. The van der Waals surface area contributed by atoms with E-state index in [0.29, 0.717) is 11.3 Å². The maximum absolute atomic E-state index is 13.2. The minimum atomic E-state index is -3.96. The molecule has 0 radical (unpaired) electrons. The van der Waals surface area contributed by atoms with Crippen LogP contribution in [0.2, 0.25) is 0 Å². The van der Waals surface area contributed by atoms with Gasteiger partial charge in [0.05, 0.1) is 4.90 Å². The number of hydrogen-bond donors (Lipinski definition) is 1. The van der Waals surface area contributed by atoms with Gasteiger partial charge in [-0.1, -0.05) is 34.1 Å². The Labute approximate surface area is 175 Å². The van der Waals surface area contributed by atoms with Gasteiger partial charge in [-0.3, -0.25) is 0 Å². The first kappa shape index (κ1) is 19.4. The Morgan fingerprint density at radius 3 is 2.21 bits per heavy atom. The molecule has 4 rings (SSSR count). The Kier molecular flexibility index (Phi) is 5.21. The van der Waals surface area contributed by atoms with Crippen molar-refractivity contribution in [2.75, 3.05) is 5.32 Å². The van der Waals surface area contributed by atoms with Crippen molar-refractivity contribution in [3.63, 3.8) is 0 Å². The van der Waals surface area contributed by atoms with Crippen LogP contribution in [0.15, 0.2) is 97.7 Å². The normalized spacial score (nSPS) is 11.4. The van der Waals surface area contributed by atoms with E-state index < -0.39 is 15.7 Å². The van der Waals surface area contributed by atoms with Crippen molar-refractivity contribution in [3.8, 4) is 11.5 Å². The number of rotatable bonds is 5. The molecular weight excluding hydrogens is 459 g/mol. The number of sulfone groups is 1. The zero-order chi connectivity index (χ0) is 20.4. The molecule has 0 atom stereocenters. The molecule has 1 heterocycles. The minimum absolute atomic E-state index is 0.0432. The van der Waals surface area contributed by atoms with Crippen LogP contribution in [0, 0.1) is 5.82 Å². The summed E-state index contributed by atoms with van der Waals surface area (Å²) in [5.74, 6) is -0.287. The van der Waals surface area contributed by atoms with E-state index in [4.69, 9.17) is 4.42 Å². The minimum Gasteiger partial charge on any atom is -0.419 e. The molecule has 29 heavy (non-hydrogen) atoms. The van der Waals surface area contributed by atoms with Crippen LogP contribution in [0.3, 0.4) is 0 Å². The molecule has 0 aliphatic carbocycles. The molecule has 4 aromatic rings. The molecule has 0 saturated heterocycles. The average Bonchev–Trinajstić information content (AvgIpc) is 3.15. The van der Waals surface area contributed by atoms with Gasteiger partial charge in [0.2, 0.25) is 26.6 Å². The molecule has 146 valence electrons. The van der Waals surface area contributed by atoms with E-state index in [9.17, 15) is 12.8 Å². The second-order valence-electron chi connectivity index (χ2n) is 6.11. The lowest BCUT2D eigenvalue weighted by Crippen LogP contribution is -2.05. The van der Waals surface area contributed by atoms with Gasteiger partial charge in [-0.2, -0.15) is 4.98 Å². The highest BCUT2D eigenvalue weighted by Crippen LogP contribution is 2.34. The van der Waals surface area contributed by atoms with Gasteiger partial charge in [-0.05, 0) is 60.7 Å². The van der Waals surface area contributed by atoms with E-state index in [0.717, 1.165) is 4.47 Å². The topological polar surface area (TPSA) is 72.2 Å². The van der Waals surface area contributed by atoms with E-state index in [-0.39, 0.29) is 21.7 Å². The van der Waals surface area contributed by atoms with E-state index in [1.165, 1.54) is 36.4 Å². The summed E-state index contributed by atoms with van der Waals surface area (Å²) in [4.78, 5) is 4.34. The van der Waals surface area contributed by atoms with Crippen molar-refractivity contribution in [1.82, 2.24) is 4.98 Å². The number of benzene rings is 3. The Morgan fingerprint density at radius 1 is 0.897 bits per heavy atom. The largest absolute Gasteiger partial charge is 0.419 e. The highest BCUT2D eigenvalue weighted by Gasteiger charge is 2.28. The SMILES string of the molecule is O=S(=O)(c1ccc(Br)cc1)c1nc(-c2ccccc2)oc1Nc1ccc(F)cc1. The lowest BCUT2D eigenvalue weighted by atomic mass is 10.2. The summed E-state index contributed by atoms with van der Waals surface area (Å²) in [6.07, 6.45) is 0. The van der Waals surface area contributed by atoms with Crippen LogP contribution in [0.4, 0.5) is 16.0 Å². The average molecular weight is 473 g/mol. The van der Waals surface area contributed by atoms with Crippen LogP contribution in [0.1, 0.15) is 0 Å². The van der Waals surface area contributed by atoms with Crippen LogP contribution in [-0.4, -0.2) is 13.4 Å². The molecule has 0 fully saturated rings. The van der Waals surface area contributed by atoms with Gasteiger partial charge in [0.15, 0.2) is 0 Å². The number of oxazole rings is 1. The number of hydrogen-bond acceptors (Lipinski definition) is 5. The molecule has 0 spiro atoms. The zero-order valence-corrected chi connectivity index (χ0v) is 17.2. The van der Waals surface area contributed by atoms with Crippen LogP contribution < -0.4 is 5.32 Å². The number of nitrogens with one attached hydrogen (secondary N) is 1. The Balaban J connectivity index is 1.83. The van der Waals surface area contributed by atoms with E-state index in [1.807, 2.05) is 6.07 Å². The number of nitrogens with zero attached hydrogens (tertiary/aromatic N) is 1. The molecule has 0 unspecified atom stereocenters. The van der Waals surface area contributed by atoms with Gasteiger partial charge < -0.3 is 9.73 Å². The molecule has 0 amide bonds. The molecule has 8 heteroatoms. The highest BCUT2D eigenvalue weighted by atomic mass is 79.9. The summed E-state index contributed by atoms with van der Waals surface area (Å²) in [5, 5.41) is 2.65. The van der Waals surface area contributed by atoms with Crippen LogP contribution in [-0.2, 0) is 9.84 Å². The second-order valence-corrected chi connectivity index (χ2v) is 8.89. The Hall–Kier alpha value is -2.97. The van der Waals surface area contributed by atoms with Gasteiger partial charge in [0, 0.05) is 15.7 Å². The molecule has 0 aliphatic heterocycles. The maximum Gasteiger partial charge on any atom is 0.238 e. The lowest BCUT2D eigenvalue weighted by Gasteiger charge is -2.06. The smallest absolute Gasteiger partial charge is 0.238 e. The van der Waals surface area contributed by atoms with Gasteiger partial charge in [-0.15, -0.1) is 0 Å². The number of halogens is 2. The lowest BCUT2D eigenvalue weighted by molar-refractivity contribution is 0.581. The molecular formula is C21H14BrFN2O3S. The summed E-state index contributed by atoms with van der Waals surface area (Å²) < 4.78 is 46.2.